The smallest absolute Gasteiger partial charge is 0.156 e. The van der Waals surface area contributed by atoms with Gasteiger partial charge in [0.2, 0.25) is 0 Å². The highest BCUT2D eigenvalue weighted by atomic mass is 32.2. The van der Waals surface area contributed by atoms with E-state index in [2.05, 4.69) is 24.2 Å². The molecule has 1 heterocycles. The van der Waals surface area contributed by atoms with Gasteiger partial charge in [0, 0.05) is 31.6 Å². The van der Waals surface area contributed by atoms with Gasteiger partial charge in [0.25, 0.3) is 0 Å². The van der Waals surface area contributed by atoms with Crippen LogP contribution in [0.25, 0.3) is 0 Å². The molecule has 1 saturated heterocycles. The fourth-order valence-corrected chi connectivity index (χ4v) is 2.87. The van der Waals surface area contributed by atoms with E-state index in [1.54, 1.807) is 0 Å². The fourth-order valence-electron chi connectivity index (χ4n) is 1.71. The van der Waals surface area contributed by atoms with Gasteiger partial charge in [0.05, 0.1) is 0 Å². The molecule has 0 aromatic rings. The van der Waals surface area contributed by atoms with Crippen molar-refractivity contribution in [2.24, 2.45) is 16.8 Å². The third kappa shape index (κ3) is 4.88. The van der Waals surface area contributed by atoms with Crippen LogP contribution in [-0.2, 0) is 4.74 Å². The highest BCUT2D eigenvalue weighted by Crippen LogP contribution is 2.28. The summed E-state index contributed by atoms with van der Waals surface area (Å²) in [7, 11) is 0. The lowest BCUT2D eigenvalue weighted by Crippen LogP contribution is -2.41. The van der Waals surface area contributed by atoms with E-state index in [-0.39, 0.29) is 0 Å². The molecule has 0 aromatic carbocycles. The number of rotatable bonds is 6. The molecule has 2 fully saturated rings. The van der Waals surface area contributed by atoms with Crippen LogP contribution in [0.1, 0.15) is 33.1 Å². The summed E-state index contributed by atoms with van der Waals surface area (Å²) in [5, 5.41) is 4.58. The van der Waals surface area contributed by atoms with Crippen LogP contribution in [0.3, 0.4) is 0 Å². The van der Waals surface area contributed by atoms with Gasteiger partial charge in [0.15, 0.2) is 5.17 Å². The van der Waals surface area contributed by atoms with E-state index in [4.69, 9.17) is 4.74 Å². The Hall–Kier alpha value is -0.220. The van der Waals surface area contributed by atoms with Crippen molar-refractivity contribution in [3.8, 4) is 0 Å². The summed E-state index contributed by atoms with van der Waals surface area (Å²) in [5.41, 5.74) is 0. The molecule has 0 aromatic heterocycles. The van der Waals surface area contributed by atoms with Gasteiger partial charge in [-0.15, -0.1) is 0 Å². The van der Waals surface area contributed by atoms with Crippen molar-refractivity contribution in [2.75, 3.05) is 25.5 Å². The molecule has 1 aliphatic heterocycles. The molecular weight excluding hydrogens is 232 g/mol. The minimum Gasteiger partial charge on any atom is -0.381 e. The summed E-state index contributed by atoms with van der Waals surface area (Å²) in [6.45, 7) is 7.24. The largest absolute Gasteiger partial charge is 0.381 e. The summed E-state index contributed by atoms with van der Waals surface area (Å²) < 4.78 is 5.59. The lowest BCUT2D eigenvalue weighted by molar-refractivity contribution is 0.123. The Bertz CT molecular complexity index is 266. The number of ether oxygens (including phenoxy) is 1. The number of nitrogens with one attached hydrogen (secondary N) is 1. The summed E-state index contributed by atoms with van der Waals surface area (Å²) in [6.07, 6.45) is 3.79. The molecule has 2 aliphatic rings. The molecule has 1 saturated carbocycles. The van der Waals surface area contributed by atoms with Gasteiger partial charge >= 0.3 is 0 Å². The molecule has 3 nitrogen and oxygen atoms in total. The zero-order chi connectivity index (χ0) is 12.1. The van der Waals surface area contributed by atoms with Gasteiger partial charge in [-0.2, -0.15) is 0 Å². The van der Waals surface area contributed by atoms with Crippen LogP contribution in [-0.4, -0.2) is 36.7 Å². The van der Waals surface area contributed by atoms with Crippen molar-refractivity contribution < 1.29 is 4.74 Å². The Morgan fingerprint density at radius 2 is 2.24 bits per heavy atom. The van der Waals surface area contributed by atoms with Crippen LogP contribution in [0.15, 0.2) is 4.99 Å². The number of amidine groups is 1. The first-order valence-corrected chi connectivity index (χ1v) is 7.76. The van der Waals surface area contributed by atoms with Gasteiger partial charge in [-0.25, -0.2) is 0 Å². The number of thioether (sulfide) groups is 1. The minimum absolute atomic E-state index is 0.557. The maximum atomic E-state index is 5.59. The Morgan fingerprint density at radius 3 is 2.94 bits per heavy atom. The van der Waals surface area contributed by atoms with Crippen molar-refractivity contribution in [3.05, 3.63) is 0 Å². The Labute approximate surface area is 109 Å². The molecule has 0 amide bonds. The van der Waals surface area contributed by atoms with Crippen molar-refractivity contribution in [3.63, 3.8) is 0 Å². The van der Waals surface area contributed by atoms with E-state index in [1.807, 2.05) is 11.8 Å². The number of hydrogen-bond donors (Lipinski definition) is 1. The van der Waals surface area contributed by atoms with Crippen molar-refractivity contribution in [1.82, 2.24) is 5.32 Å². The molecule has 0 spiro atoms. The molecule has 2 rings (SSSR count). The SMILES string of the molecule is CC1CSC(=NCCCOCC2CC2)NC1C. The summed E-state index contributed by atoms with van der Waals surface area (Å²) in [4.78, 5) is 4.59. The third-order valence-electron chi connectivity index (χ3n) is 3.44. The van der Waals surface area contributed by atoms with Gasteiger partial charge in [-0.05, 0) is 38.0 Å². The maximum absolute atomic E-state index is 5.59. The lowest BCUT2D eigenvalue weighted by Gasteiger charge is -2.28. The van der Waals surface area contributed by atoms with Crippen LogP contribution in [0.5, 0.6) is 0 Å². The predicted octanol–water partition coefficient (Wildman–Crippen LogP) is 2.52. The first-order valence-electron chi connectivity index (χ1n) is 6.77. The van der Waals surface area contributed by atoms with Crippen molar-refractivity contribution >= 4 is 16.9 Å². The summed E-state index contributed by atoms with van der Waals surface area (Å²) in [6, 6.07) is 0.557. The van der Waals surface area contributed by atoms with Crippen LogP contribution in [0.4, 0.5) is 0 Å². The van der Waals surface area contributed by atoms with Gasteiger partial charge in [-0.3, -0.25) is 4.99 Å². The average Bonchev–Trinajstić information content (AvgIpc) is 3.12. The minimum atomic E-state index is 0.557. The van der Waals surface area contributed by atoms with Crippen molar-refractivity contribution in [1.29, 1.82) is 0 Å². The second-order valence-corrected chi connectivity index (χ2v) is 6.29. The van der Waals surface area contributed by atoms with Crippen LogP contribution >= 0.6 is 11.8 Å². The molecule has 4 heteroatoms. The Kier molecular flexibility index (Phi) is 5.16. The molecule has 2 atom stereocenters. The highest BCUT2D eigenvalue weighted by Gasteiger charge is 2.21. The number of hydrogen-bond acceptors (Lipinski definition) is 3. The van der Waals surface area contributed by atoms with Crippen LogP contribution < -0.4 is 5.32 Å². The second kappa shape index (κ2) is 6.64. The van der Waals surface area contributed by atoms with E-state index >= 15 is 0 Å². The molecule has 1 aliphatic carbocycles. The van der Waals surface area contributed by atoms with E-state index < -0.39 is 0 Å². The van der Waals surface area contributed by atoms with Gasteiger partial charge < -0.3 is 10.1 Å². The van der Waals surface area contributed by atoms with E-state index in [0.29, 0.717) is 6.04 Å². The van der Waals surface area contributed by atoms with Gasteiger partial charge in [0.1, 0.15) is 0 Å². The van der Waals surface area contributed by atoms with E-state index in [9.17, 15) is 0 Å². The number of nitrogens with zero attached hydrogens (tertiary/aromatic N) is 1. The molecule has 17 heavy (non-hydrogen) atoms. The predicted molar refractivity (Wildman–Crippen MR) is 74.7 cm³/mol. The summed E-state index contributed by atoms with van der Waals surface area (Å²) >= 11 is 1.85. The quantitative estimate of drug-likeness (QED) is 0.741. The standard InChI is InChI=1S/C13H24N2OS/c1-10-9-17-13(15-11(10)2)14-6-3-7-16-8-12-4-5-12/h10-12H,3-9H2,1-2H3,(H,14,15). The van der Waals surface area contributed by atoms with Crippen LogP contribution in [0, 0.1) is 11.8 Å². The zero-order valence-electron chi connectivity index (χ0n) is 10.9. The van der Waals surface area contributed by atoms with E-state index in [1.165, 1.54) is 18.6 Å². The topological polar surface area (TPSA) is 33.6 Å². The Balaban J connectivity index is 1.53. The van der Waals surface area contributed by atoms with Gasteiger partial charge in [-0.1, -0.05) is 18.7 Å². The second-order valence-electron chi connectivity index (χ2n) is 5.28. The molecule has 0 radical (unpaired) electrons. The lowest BCUT2D eigenvalue weighted by atomic mass is 10.1. The van der Waals surface area contributed by atoms with Crippen molar-refractivity contribution in [2.45, 2.75) is 39.2 Å². The molecule has 1 N–H and O–H groups in total. The Morgan fingerprint density at radius 1 is 1.41 bits per heavy atom. The molecular formula is C13H24N2OS. The molecule has 2 unspecified atom stereocenters. The van der Waals surface area contributed by atoms with E-state index in [0.717, 1.165) is 43.2 Å². The fraction of sp³-hybridized carbons (Fsp3) is 0.923. The highest BCUT2D eigenvalue weighted by molar-refractivity contribution is 8.13. The molecule has 98 valence electrons. The normalized spacial score (nSPS) is 31.5. The first kappa shape index (κ1) is 13.2. The first-order chi connectivity index (χ1) is 8.25. The monoisotopic (exact) mass is 256 g/mol. The maximum Gasteiger partial charge on any atom is 0.156 e. The number of aliphatic imine (C=N–C) groups is 1. The van der Waals surface area contributed by atoms with Crippen LogP contribution in [0.2, 0.25) is 0 Å². The average molecular weight is 256 g/mol. The zero-order valence-corrected chi connectivity index (χ0v) is 11.8. The summed E-state index contributed by atoms with van der Waals surface area (Å²) in [5.74, 6) is 2.80. The third-order valence-corrected chi connectivity index (χ3v) is 4.65. The molecule has 0 bridgehead atoms.